The first-order valence-corrected chi connectivity index (χ1v) is 9.82. The molecule has 29 heavy (non-hydrogen) atoms. The fraction of sp³-hybridized carbons (Fsp3) is 0.364. The second-order valence-electron chi connectivity index (χ2n) is 7.07. The summed E-state index contributed by atoms with van der Waals surface area (Å²) in [5.74, 6) is -1.31. The third-order valence-corrected chi connectivity index (χ3v) is 4.77. The molecule has 0 aliphatic heterocycles. The number of para-hydroxylation sites is 1. The minimum atomic E-state index is -0.678. The summed E-state index contributed by atoms with van der Waals surface area (Å²) in [7, 11) is 0. The number of rotatable bonds is 6. The van der Waals surface area contributed by atoms with Crippen LogP contribution in [0.3, 0.4) is 0 Å². The van der Waals surface area contributed by atoms with Crippen molar-refractivity contribution in [3.05, 3.63) is 53.2 Å². The van der Waals surface area contributed by atoms with E-state index in [0.29, 0.717) is 28.7 Å². The zero-order valence-corrected chi connectivity index (χ0v) is 16.5. The molecule has 2 N–H and O–H groups in total. The average molecular weight is 395 g/mol. The van der Waals surface area contributed by atoms with Crippen LogP contribution in [0, 0.1) is 6.92 Å². The number of esters is 1. The van der Waals surface area contributed by atoms with E-state index in [9.17, 15) is 14.4 Å². The predicted molar refractivity (Wildman–Crippen MR) is 109 cm³/mol. The zero-order chi connectivity index (χ0) is 20.6. The third kappa shape index (κ3) is 5.88. The largest absolute Gasteiger partial charge is 0.452 e. The van der Waals surface area contributed by atoms with E-state index in [0.717, 1.165) is 19.3 Å². The SMILES string of the molecule is Cc1cc(C(=O)OCC(=O)NC(=O)NCCC2=CCCCC2)c2ccccc2n1. The number of hydrogen-bond acceptors (Lipinski definition) is 5. The second kappa shape index (κ2) is 9.82. The standard InChI is InChI=1S/C22H25N3O4/c1-15-13-18(17-9-5-6-10-19(17)24-15)21(27)29-14-20(26)25-22(28)23-12-11-16-7-3-2-4-8-16/h5-7,9-10,13H,2-4,8,11-12,14H2,1H3,(H2,23,25,26,28). The first kappa shape index (κ1) is 20.5. The van der Waals surface area contributed by atoms with Crippen LogP contribution in [0.5, 0.6) is 0 Å². The molecule has 1 heterocycles. The Morgan fingerprint density at radius 1 is 1.17 bits per heavy atom. The van der Waals surface area contributed by atoms with Crippen LogP contribution >= 0.6 is 0 Å². The molecule has 7 heteroatoms. The number of nitrogens with one attached hydrogen (secondary N) is 2. The Bertz CT molecular complexity index is 952. The molecule has 0 unspecified atom stereocenters. The van der Waals surface area contributed by atoms with Gasteiger partial charge in [0, 0.05) is 17.6 Å². The summed E-state index contributed by atoms with van der Waals surface area (Å²) in [6.45, 7) is 1.71. The van der Waals surface area contributed by atoms with Crippen molar-refractivity contribution in [1.29, 1.82) is 0 Å². The van der Waals surface area contributed by atoms with Gasteiger partial charge in [0.2, 0.25) is 0 Å². The third-order valence-electron chi connectivity index (χ3n) is 4.77. The van der Waals surface area contributed by atoms with Crippen LogP contribution in [0.2, 0.25) is 0 Å². The van der Waals surface area contributed by atoms with Crippen molar-refractivity contribution in [3.8, 4) is 0 Å². The molecule has 3 amide bonds. The lowest BCUT2D eigenvalue weighted by molar-refractivity contribution is -0.123. The van der Waals surface area contributed by atoms with Gasteiger partial charge in [-0.05, 0) is 51.2 Å². The Labute approximate surface area is 169 Å². The van der Waals surface area contributed by atoms with E-state index in [1.54, 1.807) is 31.2 Å². The minimum absolute atomic E-state index is 0.339. The maximum Gasteiger partial charge on any atom is 0.339 e. The number of fused-ring (bicyclic) bond motifs is 1. The molecule has 0 radical (unpaired) electrons. The molecule has 152 valence electrons. The number of carbonyl (C=O) groups is 3. The highest BCUT2D eigenvalue weighted by molar-refractivity contribution is 6.04. The topological polar surface area (TPSA) is 97.4 Å². The highest BCUT2D eigenvalue weighted by atomic mass is 16.5. The van der Waals surface area contributed by atoms with Gasteiger partial charge in [-0.25, -0.2) is 9.59 Å². The van der Waals surface area contributed by atoms with Crippen LogP contribution in [0.25, 0.3) is 10.9 Å². The van der Waals surface area contributed by atoms with E-state index in [1.165, 1.54) is 18.4 Å². The maximum atomic E-state index is 12.4. The summed E-state index contributed by atoms with van der Waals surface area (Å²) in [6.07, 6.45) is 7.58. The molecule has 0 fully saturated rings. The number of urea groups is 1. The number of aromatic nitrogens is 1. The number of benzene rings is 1. The van der Waals surface area contributed by atoms with Crippen molar-refractivity contribution < 1.29 is 19.1 Å². The molecule has 7 nitrogen and oxygen atoms in total. The van der Waals surface area contributed by atoms with Gasteiger partial charge in [-0.2, -0.15) is 0 Å². The van der Waals surface area contributed by atoms with Crippen LogP contribution < -0.4 is 10.6 Å². The van der Waals surface area contributed by atoms with E-state index in [-0.39, 0.29) is 0 Å². The number of nitrogens with zero attached hydrogens (tertiary/aromatic N) is 1. The van der Waals surface area contributed by atoms with Crippen LogP contribution in [0.1, 0.15) is 48.2 Å². The predicted octanol–water partition coefficient (Wildman–Crippen LogP) is 3.42. The molecule has 0 atom stereocenters. The van der Waals surface area contributed by atoms with E-state index in [4.69, 9.17) is 4.74 Å². The number of pyridine rings is 1. The Hall–Kier alpha value is -3.22. The Morgan fingerprint density at radius 3 is 2.79 bits per heavy atom. The van der Waals surface area contributed by atoms with E-state index in [1.807, 2.05) is 6.07 Å². The molecule has 0 saturated heterocycles. The highest BCUT2D eigenvalue weighted by Crippen LogP contribution is 2.20. The fourth-order valence-electron chi connectivity index (χ4n) is 3.36. The summed E-state index contributed by atoms with van der Waals surface area (Å²) in [5.41, 5.74) is 3.03. The van der Waals surface area contributed by atoms with Gasteiger partial charge in [-0.3, -0.25) is 15.1 Å². The second-order valence-corrected chi connectivity index (χ2v) is 7.07. The van der Waals surface area contributed by atoms with Crippen molar-refractivity contribution in [2.24, 2.45) is 0 Å². The van der Waals surface area contributed by atoms with Crippen molar-refractivity contribution in [2.75, 3.05) is 13.2 Å². The summed E-state index contributed by atoms with van der Waals surface area (Å²) in [5, 5.41) is 5.48. The van der Waals surface area contributed by atoms with Crippen LogP contribution in [-0.2, 0) is 9.53 Å². The Morgan fingerprint density at radius 2 is 2.00 bits per heavy atom. The molecule has 1 aromatic carbocycles. The summed E-state index contributed by atoms with van der Waals surface area (Å²) >= 11 is 0. The zero-order valence-electron chi connectivity index (χ0n) is 16.5. The molecule has 1 aromatic heterocycles. The van der Waals surface area contributed by atoms with Gasteiger partial charge in [0.15, 0.2) is 6.61 Å². The minimum Gasteiger partial charge on any atom is -0.452 e. The molecular weight excluding hydrogens is 370 g/mol. The number of amides is 3. The van der Waals surface area contributed by atoms with Crippen molar-refractivity contribution in [2.45, 2.75) is 39.0 Å². The lowest BCUT2D eigenvalue weighted by atomic mass is 9.97. The number of carbonyl (C=O) groups excluding carboxylic acids is 3. The normalized spacial score (nSPS) is 13.5. The number of hydrogen-bond donors (Lipinski definition) is 2. The van der Waals surface area contributed by atoms with E-state index >= 15 is 0 Å². The number of imide groups is 1. The maximum absolute atomic E-state index is 12.4. The molecule has 1 aliphatic carbocycles. The van der Waals surface area contributed by atoms with Crippen molar-refractivity contribution in [1.82, 2.24) is 15.6 Å². The summed E-state index contributed by atoms with van der Waals surface area (Å²) < 4.78 is 5.09. The van der Waals surface area contributed by atoms with Crippen LogP contribution in [0.4, 0.5) is 4.79 Å². The van der Waals surface area contributed by atoms with Gasteiger partial charge >= 0.3 is 12.0 Å². The van der Waals surface area contributed by atoms with Gasteiger partial charge in [-0.15, -0.1) is 0 Å². The monoisotopic (exact) mass is 395 g/mol. The van der Waals surface area contributed by atoms with Gasteiger partial charge < -0.3 is 10.1 Å². The molecule has 0 spiro atoms. The highest BCUT2D eigenvalue weighted by Gasteiger charge is 2.16. The Kier molecular flexibility index (Phi) is 6.94. The summed E-state index contributed by atoms with van der Waals surface area (Å²) in [6, 6.07) is 8.24. The average Bonchev–Trinajstić information content (AvgIpc) is 2.72. The van der Waals surface area contributed by atoms with Gasteiger partial charge in [0.1, 0.15) is 0 Å². The molecule has 2 aromatic rings. The van der Waals surface area contributed by atoms with Crippen LogP contribution in [-0.4, -0.2) is 36.0 Å². The van der Waals surface area contributed by atoms with E-state index < -0.39 is 24.5 Å². The van der Waals surface area contributed by atoms with Gasteiger partial charge in [0.25, 0.3) is 5.91 Å². The van der Waals surface area contributed by atoms with Gasteiger partial charge in [0.05, 0.1) is 11.1 Å². The Balaban J connectivity index is 1.46. The number of aryl methyl sites for hydroxylation is 1. The van der Waals surface area contributed by atoms with Gasteiger partial charge in [-0.1, -0.05) is 29.8 Å². The molecule has 3 rings (SSSR count). The van der Waals surface area contributed by atoms with E-state index in [2.05, 4.69) is 21.7 Å². The number of ether oxygens (including phenoxy) is 1. The molecule has 0 saturated carbocycles. The first-order chi connectivity index (χ1) is 14.0. The number of allylic oxidation sites excluding steroid dienone is 1. The molecule has 0 bridgehead atoms. The summed E-state index contributed by atoms with van der Waals surface area (Å²) in [4.78, 5) is 40.5. The fourth-order valence-corrected chi connectivity index (χ4v) is 3.36. The lowest BCUT2D eigenvalue weighted by Crippen LogP contribution is -2.41. The molecule has 1 aliphatic rings. The van der Waals surface area contributed by atoms with Crippen molar-refractivity contribution in [3.63, 3.8) is 0 Å². The quantitative estimate of drug-likeness (QED) is 0.577. The first-order valence-electron chi connectivity index (χ1n) is 9.82. The smallest absolute Gasteiger partial charge is 0.339 e. The lowest BCUT2D eigenvalue weighted by Gasteiger charge is -2.13. The van der Waals surface area contributed by atoms with Crippen molar-refractivity contribution >= 4 is 28.8 Å². The van der Waals surface area contributed by atoms with Crippen LogP contribution in [0.15, 0.2) is 42.0 Å². The molecular formula is C22H25N3O4.